The molecule has 0 unspecified atom stereocenters. The summed E-state index contributed by atoms with van der Waals surface area (Å²) in [4.78, 5) is 23.4. The zero-order valence-electron chi connectivity index (χ0n) is 14.0. The van der Waals surface area contributed by atoms with Crippen molar-refractivity contribution in [2.24, 2.45) is 0 Å². The van der Waals surface area contributed by atoms with Gasteiger partial charge in [-0.2, -0.15) is 0 Å². The Kier molecular flexibility index (Phi) is 7.23. The molecular formula is C18H17ClFNO5. The van der Waals surface area contributed by atoms with Crippen LogP contribution in [-0.2, 0) is 14.3 Å². The molecule has 0 aromatic heterocycles. The van der Waals surface area contributed by atoms with Gasteiger partial charge in [0.05, 0.1) is 17.3 Å². The Labute approximate surface area is 154 Å². The van der Waals surface area contributed by atoms with Crippen molar-refractivity contribution in [3.8, 4) is 11.5 Å². The van der Waals surface area contributed by atoms with Crippen LogP contribution in [0.5, 0.6) is 11.5 Å². The highest BCUT2D eigenvalue weighted by Gasteiger charge is 2.11. The van der Waals surface area contributed by atoms with Crippen LogP contribution in [-0.4, -0.2) is 31.7 Å². The maximum absolute atomic E-state index is 12.9. The Morgan fingerprint density at radius 1 is 1.04 bits per heavy atom. The van der Waals surface area contributed by atoms with Crippen molar-refractivity contribution in [2.45, 2.75) is 6.92 Å². The van der Waals surface area contributed by atoms with Gasteiger partial charge in [0, 0.05) is 0 Å². The first kappa shape index (κ1) is 19.5. The number of anilines is 1. The van der Waals surface area contributed by atoms with Gasteiger partial charge in [0.15, 0.2) is 13.2 Å². The Morgan fingerprint density at radius 3 is 2.31 bits per heavy atom. The molecule has 1 N–H and O–H groups in total. The molecule has 138 valence electrons. The predicted molar refractivity (Wildman–Crippen MR) is 94.1 cm³/mol. The minimum Gasteiger partial charge on any atom is -0.494 e. The Hall–Kier alpha value is -2.80. The number of ether oxygens (including phenoxy) is 3. The Morgan fingerprint density at radius 2 is 1.69 bits per heavy atom. The molecule has 0 radical (unpaired) electrons. The van der Waals surface area contributed by atoms with Crippen molar-refractivity contribution in [1.29, 1.82) is 0 Å². The number of benzene rings is 2. The molecule has 2 aromatic carbocycles. The second-order valence-electron chi connectivity index (χ2n) is 5.03. The molecule has 0 saturated heterocycles. The van der Waals surface area contributed by atoms with E-state index in [0.717, 1.165) is 12.1 Å². The summed E-state index contributed by atoms with van der Waals surface area (Å²) in [7, 11) is 0. The molecule has 0 aliphatic rings. The zero-order chi connectivity index (χ0) is 18.9. The van der Waals surface area contributed by atoms with Crippen molar-refractivity contribution < 1.29 is 28.2 Å². The van der Waals surface area contributed by atoms with Crippen LogP contribution in [0, 0.1) is 5.82 Å². The van der Waals surface area contributed by atoms with E-state index in [9.17, 15) is 14.0 Å². The van der Waals surface area contributed by atoms with Crippen molar-refractivity contribution in [3.63, 3.8) is 0 Å². The van der Waals surface area contributed by atoms with E-state index < -0.39 is 24.3 Å². The van der Waals surface area contributed by atoms with E-state index in [1.807, 2.05) is 6.92 Å². The quantitative estimate of drug-likeness (QED) is 0.709. The lowest BCUT2D eigenvalue weighted by Gasteiger charge is -2.09. The molecule has 0 aliphatic heterocycles. The summed E-state index contributed by atoms with van der Waals surface area (Å²) >= 11 is 5.79. The van der Waals surface area contributed by atoms with Gasteiger partial charge in [-0.05, 0) is 49.4 Å². The second kappa shape index (κ2) is 9.62. The predicted octanol–water partition coefficient (Wildman–Crippen LogP) is 3.44. The molecule has 2 rings (SSSR count). The van der Waals surface area contributed by atoms with Gasteiger partial charge in [-0.1, -0.05) is 11.6 Å². The number of amides is 1. The van der Waals surface area contributed by atoms with Crippen molar-refractivity contribution in [2.75, 3.05) is 25.1 Å². The SMILES string of the molecule is CCOc1ccc(OCC(=O)OCC(=O)Nc2ccc(F)cc2Cl)cc1. The van der Waals surface area contributed by atoms with Crippen LogP contribution in [0.1, 0.15) is 6.92 Å². The molecule has 26 heavy (non-hydrogen) atoms. The summed E-state index contributed by atoms with van der Waals surface area (Å²) in [6, 6.07) is 10.3. The molecule has 0 aliphatic carbocycles. The van der Waals surface area contributed by atoms with Crippen LogP contribution in [0.15, 0.2) is 42.5 Å². The fourth-order valence-electron chi connectivity index (χ4n) is 1.91. The largest absolute Gasteiger partial charge is 0.494 e. The van der Waals surface area contributed by atoms with Crippen LogP contribution in [0.4, 0.5) is 10.1 Å². The number of esters is 1. The van der Waals surface area contributed by atoms with Gasteiger partial charge in [0.25, 0.3) is 5.91 Å². The van der Waals surface area contributed by atoms with Crippen molar-refractivity contribution in [1.82, 2.24) is 0 Å². The average molecular weight is 382 g/mol. The summed E-state index contributed by atoms with van der Waals surface area (Å²) in [5.74, 6) is -0.676. The maximum atomic E-state index is 12.9. The molecule has 0 atom stereocenters. The number of hydrogen-bond donors (Lipinski definition) is 1. The summed E-state index contributed by atoms with van der Waals surface area (Å²) in [6.45, 7) is 1.57. The van der Waals surface area contributed by atoms with Gasteiger partial charge in [-0.3, -0.25) is 4.79 Å². The molecule has 0 spiro atoms. The minimum atomic E-state index is -0.709. The monoisotopic (exact) mass is 381 g/mol. The van der Waals surface area contributed by atoms with E-state index in [1.54, 1.807) is 24.3 Å². The Balaban J connectivity index is 1.73. The maximum Gasteiger partial charge on any atom is 0.344 e. The third kappa shape index (κ3) is 6.25. The van der Waals surface area contributed by atoms with E-state index >= 15 is 0 Å². The number of halogens is 2. The van der Waals surface area contributed by atoms with Gasteiger partial charge in [-0.25, -0.2) is 9.18 Å². The van der Waals surface area contributed by atoms with Crippen LogP contribution in [0.25, 0.3) is 0 Å². The molecular weight excluding hydrogens is 365 g/mol. The van der Waals surface area contributed by atoms with Crippen LogP contribution in [0.2, 0.25) is 5.02 Å². The molecule has 2 aromatic rings. The lowest BCUT2D eigenvalue weighted by atomic mass is 10.3. The van der Waals surface area contributed by atoms with Crippen LogP contribution in [0.3, 0.4) is 0 Å². The number of nitrogens with one attached hydrogen (secondary N) is 1. The summed E-state index contributed by atoms with van der Waals surface area (Å²) in [5.41, 5.74) is 0.222. The molecule has 1 amide bonds. The minimum absolute atomic E-state index is 0.0449. The number of rotatable bonds is 8. The molecule has 0 fully saturated rings. The summed E-state index contributed by atoms with van der Waals surface area (Å²) in [5, 5.41) is 2.46. The molecule has 0 saturated carbocycles. The number of carbonyl (C=O) groups excluding carboxylic acids is 2. The van der Waals surface area contributed by atoms with E-state index in [4.69, 9.17) is 25.8 Å². The number of carbonyl (C=O) groups is 2. The van der Waals surface area contributed by atoms with Gasteiger partial charge in [0.2, 0.25) is 0 Å². The first-order chi connectivity index (χ1) is 12.5. The van der Waals surface area contributed by atoms with Crippen LogP contribution < -0.4 is 14.8 Å². The van der Waals surface area contributed by atoms with E-state index in [0.29, 0.717) is 18.1 Å². The van der Waals surface area contributed by atoms with Gasteiger partial charge in [-0.15, -0.1) is 0 Å². The lowest BCUT2D eigenvalue weighted by Crippen LogP contribution is -2.23. The molecule has 6 nitrogen and oxygen atoms in total. The van der Waals surface area contributed by atoms with Gasteiger partial charge < -0.3 is 19.5 Å². The second-order valence-corrected chi connectivity index (χ2v) is 5.43. The average Bonchev–Trinajstić information content (AvgIpc) is 2.62. The first-order valence-corrected chi connectivity index (χ1v) is 8.12. The van der Waals surface area contributed by atoms with Crippen molar-refractivity contribution in [3.05, 3.63) is 53.3 Å². The van der Waals surface area contributed by atoms with Gasteiger partial charge >= 0.3 is 5.97 Å². The highest BCUT2D eigenvalue weighted by Crippen LogP contribution is 2.22. The van der Waals surface area contributed by atoms with Crippen molar-refractivity contribution >= 4 is 29.2 Å². The fraction of sp³-hybridized carbons (Fsp3) is 0.222. The smallest absolute Gasteiger partial charge is 0.344 e. The number of hydrogen-bond acceptors (Lipinski definition) is 5. The zero-order valence-corrected chi connectivity index (χ0v) is 14.7. The standard InChI is InChI=1S/C18H17ClFNO5/c1-2-24-13-4-6-14(7-5-13)25-11-18(23)26-10-17(22)21-16-8-3-12(20)9-15(16)19/h3-9H,2,10-11H2,1H3,(H,21,22). The Bertz CT molecular complexity index is 767. The normalized spacial score (nSPS) is 10.1. The van der Waals surface area contributed by atoms with Crippen LogP contribution >= 0.6 is 11.6 Å². The summed E-state index contributed by atoms with van der Waals surface area (Å²) in [6.07, 6.45) is 0. The first-order valence-electron chi connectivity index (χ1n) is 7.74. The molecule has 8 heteroatoms. The topological polar surface area (TPSA) is 73.9 Å². The summed E-state index contributed by atoms with van der Waals surface area (Å²) < 4.78 is 28.3. The third-order valence-electron chi connectivity index (χ3n) is 3.06. The highest BCUT2D eigenvalue weighted by molar-refractivity contribution is 6.33. The van der Waals surface area contributed by atoms with Gasteiger partial charge in [0.1, 0.15) is 17.3 Å². The molecule has 0 heterocycles. The van der Waals surface area contributed by atoms with E-state index in [2.05, 4.69) is 5.32 Å². The third-order valence-corrected chi connectivity index (χ3v) is 3.37. The highest BCUT2D eigenvalue weighted by atomic mass is 35.5. The fourth-order valence-corrected chi connectivity index (χ4v) is 2.12. The van der Waals surface area contributed by atoms with E-state index in [1.165, 1.54) is 6.07 Å². The molecule has 0 bridgehead atoms. The van der Waals surface area contributed by atoms with E-state index in [-0.39, 0.29) is 17.3 Å². The lowest BCUT2D eigenvalue weighted by molar-refractivity contribution is -0.149.